The van der Waals surface area contributed by atoms with Crippen molar-refractivity contribution in [3.8, 4) is 22.3 Å². The highest BCUT2D eigenvalue weighted by Gasteiger charge is 2.18. The van der Waals surface area contributed by atoms with Crippen molar-refractivity contribution < 1.29 is 0 Å². The number of benzene rings is 8. The van der Waals surface area contributed by atoms with Gasteiger partial charge in [0, 0.05) is 0 Å². The van der Waals surface area contributed by atoms with E-state index in [0.717, 1.165) is 6.42 Å². The zero-order chi connectivity index (χ0) is 27.2. The highest BCUT2D eigenvalue weighted by Crippen LogP contribution is 2.43. The SMILES string of the molecule is c1ccc(-c2ccccc2Cc2c3ccccc3c(-c3cccc4c3ccc3ccccc34)c3ccccc23)cc1. The minimum Gasteiger partial charge on any atom is -0.0622 e. The summed E-state index contributed by atoms with van der Waals surface area (Å²) in [5.74, 6) is 0. The third-order valence-electron chi connectivity index (χ3n) is 8.57. The molecule has 0 saturated heterocycles. The van der Waals surface area contributed by atoms with Gasteiger partial charge in [0.25, 0.3) is 0 Å². The Morgan fingerprint density at radius 2 is 0.878 bits per heavy atom. The van der Waals surface area contributed by atoms with Gasteiger partial charge in [0.05, 0.1) is 0 Å². The van der Waals surface area contributed by atoms with Gasteiger partial charge in [0.15, 0.2) is 0 Å². The maximum Gasteiger partial charge on any atom is -0.000728 e. The van der Waals surface area contributed by atoms with Crippen LogP contribution in [0.5, 0.6) is 0 Å². The smallest absolute Gasteiger partial charge is 0.000728 e. The van der Waals surface area contributed by atoms with Crippen molar-refractivity contribution in [1.29, 1.82) is 0 Å². The lowest BCUT2D eigenvalue weighted by Gasteiger charge is -2.20. The second-order valence-corrected chi connectivity index (χ2v) is 10.8. The number of rotatable bonds is 4. The van der Waals surface area contributed by atoms with Crippen LogP contribution in [0.4, 0.5) is 0 Å². The number of fused-ring (bicyclic) bond motifs is 5. The molecular weight excluding hydrogens is 492 g/mol. The van der Waals surface area contributed by atoms with Crippen molar-refractivity contribution in [2.75, 3.05) is 0 Å². The van der Waals surface area contributed by atoms with E-state index in [9.17, 15) is 0 Å². The fourth-order valence-corrected chi connectivity index (χ4v) is 6.72. The van der Waals surface area contributed by atoms with Crippen molar-refractivity contribution in [3.63, 3.8) is 0 Å². The van der Waals surface area contributed by atoms with Gasteiger partial charge in [-0.1, -0.05) is 158 Å². The summed E-state index contributed by atoms with van der Waals surface area (Å²) in [6.07, 6.45) is 0.868. The Bertz CT molecular complexity index is 2160. The molecule has 0 aromatic heterocycles. The highest BCUT2D eigenvalue weighted by molar-refractivity contribution is 6.21. The molecule has 0 unspecified atom stereocenters. The van der Waals surface area contributed by atoms with Gasteiger partial charge in [-0.2, -0.15) is 0 Å². The van der Waals surface area contributed by atoms with E-state index in [4.69, 9.17) is 0 Å². The molecule has 0 nitrogen and oxygen atoms in total. The van der Waals surface area contributed by atoms with Crippen molar-refractivity contribution in [1.82, 2.24) is 0 Å². The van der Waals surface area contributed by atoms with Crippen molar-refractivity contribution >= 4 is 43.1 Å². The number of hydrogen-bond acceptors (Lipinski definition) is 0. The van der Waals surface area contributed by atoms with Crippen molar-refractivity contribution in [3.05, 3.63) is 169 Å². The molecule has 41 heavy (non-hydrogen) atoms. The molecule has 0 spiro atoms. The first-order valence-corrected chi connectivity index (χ1v) is 14.3. The Labute approximate surface area is 240 Å². The molecule has 0 heterocycles. The molecule has 0 atom stereocenters. The molecule has 0 bridgehead atoms. The lowest BCUT2D eigenvalue weighted by Crippen LogP contribution is -1.97. The van der Waals surface area contributed by atoms with Crippen molar-refractivity contribution in [2.45, 2.75) is 6.42 Å². The first-order chi connectivity index (χ1) is 20.4. The Morgan fingerprint density at radius 1 is 0.317 bits per heavy atom. The second kappa shape index (κ2) is 9.77. The zero-order valence-corrected chi connectivity index (χ0v) is 22.7. The van der Waals surface area contributed by atoms with Gasteiger partial charge in [-0.3, -0.25) is 0 Å². The summed E-state index contributed by atoms with van der Waals surface area (Å²) in [7, 11) is 0. The quantitative estimate of drug-likeness (QED) is 0.160. The molecule has 0 N–H and O–H groups in total. The Kier molecular flexibility index (Phi) is 5.64. The van der Waals surface area contributed by atoms with Crippen molar-refractivity contribution in [2.24, 2.45) is 0 Å². The summed E-state index contributed by atoms with van der Waals surface area (Å²) in [5, 5.41) is 10.4. The van der Waals surface area contributed by atoms with Gasteiger partial charge >= 0.3 is 0 Å². The predicted octanol–water partition coefficient (Wildman–Crippen LogP) is 11.2. The minimum absolute atomic E-state index is 0.868. The maximum absolute atomic E-state index is 2.31. The fraction of sp³-hybridized carbons (Fsp3) is 0.0244. The van der Waals surface area contributed by atoms with Crippen LogP contribution in [0.3, 0.4) is 0 Å². The van der Waals surface area contributed by atoms with Gasteiger partial charge in [-0.25, -0.2) is 0 Å². The largest absolute Gasteiger partial charge is 0.0622 e. The Balaban J connectivity index is 1.42. The monoisotopic (exact) mass is 520 g/mol. The van der Waals surface area contributed by atoms with Gasteiger partial charge < -0.3 is 0 Å². The Morgan fingerprint density at radius 3 is 1.63 bits per heavy atom. The molecule has 0 amide bonds. The summed E-state index contributed by atoms with van der Waals surface area (Å²) in [6, 6.07) is 57.6. The molecular formula is C41H28. The van der Waals surface area contributed by atoms with Gasteiger partial charge in [0.1, 0.15) is 0 Å². The average molecular weight is 521 g/mol. The maximum atomic E-state index is 2.31. The second-order valence-electron chi connectivity index (χ2n) is 10.8. The van der Waals surface area contributed by atoms with Gasteiger partial charge in [0.2, 0.25) is 0 Å². The summed E-state index contributed by atoms with van der Waals surface area (Å²) >= 11 is 0. The van der Waals surface area contributed by atoms with E-state index in [2.05, 4.69) is 158 Å². The normalized spacial score (nSPS) is 11.5. The lowest BCUT2D eigenvalue weighted by atomic mass is 9.84. The van der Waals surface area contributed by atoms with E-state index in [1.54, 1.807) is 0 Å². The fourth-order valence-electron chi connectivity index (χ4n) is 6.72. The predicted molar refractivity (Wildman–Crippen MR) is 177 cm³/mol. The molecule has 0 saturated carbocycles. The third-order valence-corrected chi connectivity index (χ3v) is 8.57. The van der Waals surface area contributed by atoms with Gasteiger partial charge in [-0.05, 0) is 82.9 Å². The van der Waals surface area contributed by atoms with Gasteiger partial charge in [-0.15, -0.1) is 0 Å². The third kappa shape index (κ3) is 3.91. The molecule has 0 aliphatic heterocycles. The lowest BCUT2D eigenvalue weighted by molar-refractivity contribution is 1.23. The van der Waals surface area contributed by atoms with Crippen LogP contribution in [0.15, 0.2) is 158 Å². The molecule has 0 radical (unpaired) electrons. The van der Waals surface area contributed by atoms with Crippen LogP contribution in [-0.4, -0.2) is 0 Å². The molecule has 8 aromatic rings. The topological polar surface area (TPSA) is 0 Å². The minimum atomic E-state index is 0.868. The Hall–Kier alpha value is -5.20. The van der Waals surface area contributed by atoms with Crippen LogP contribution >= 0.6 is 0 Å². The highest BCUT2D eigenvalue weighted by atomic mass is 14.2. The average Bonchev–Trinajstić information content (AvgIpc) is 3.05. The summed E-state index contributed by atoms with van der Waals surface area (Å²) in [6.45, 7) is 0. The molecule has 0 aliphatic carbocycles. The molecule has 0 heteroatoms. The summed E-state index contributed by atoms with van der Waals surface area (Å²) in [4.78, 5) is 0. The molecule has 192 valence electrons. The summed E-state index contributed by atoms with van der Waals surface area (Å²) < 4.78 is 0. The standard InChI is InChI=1S/C41H28/c1-2-13-28(14-3-1)31-17-6-5-16-30(31)27-40-34-19-8-10-21-37(34)41(38-22-11-9-20-35(38)40)39-24-12-23-33-32-18-7-4-15-29(32)25-26-36(33)39/h1-26H,27H2. The van der Waals surface area contributed by atoms with Crippen LogP contribution in [0, 0.1) is 0 Å². The van der Waals surface area contributed by atoms with E-state index in [1.165, 1.54) is 76.5 Å². The van der Waals surface area contributed by atoms with Crippen LogP contribution in [0.25, 0.3) is 65.3 Å². The first-order valence-electron chi connectivity index (χ1n) is 14.3. The number of hydrogen-bond donors (Lipinski definition) is 0. The van der Waals surface area contributed by atoms with E-state index in [-0.39, 0.29) is 0 Å². The molecule has 8 rings (SSSR count). The zero-order valence-electron chi connectivity index (χ0n) is 22.7. The van der Waals surface area contributed by atoms with Crippen LogP contribution in [0.1, 0.15) is 11.1 Å². The summed E-state index contributed by atoms with van der Waals surface area (Å²) in [5.41, 5.74) is 7.89. The van der Waals surface area contributed by atoms with Crippen LogP contribution < -0.4 is 0 Å². The van der Waals surface area contributed by atoms with Crippen LogP contribution in [-0.2, 0) is 6.42 Å². The molecule has 0 fully saturated rings. The first kappa shape index (κ1) is 23.7. The van der Waals surface area contributed by atoms with E-state index in [0.29, 0.717) is 0 Å². The van der Waals surface area contributed by atoms with E-state index >= 15 is 0 Å². The molecule has 0 aliphatic rings. The molecule has 8 aromatic carbocycles. The van der Waals surface area contributed by atoms with Crippen LogP contribution in [0.2, 0.25) is 0 Å². The van der Waals surface area contributed by atoms with E-state index in [1.807, 2.05) is 0 Å². The van der Waals surface area contributed by atoms with E-state index < -0.39 is 0 Å².